The van der Waals surface area contributed by atoms with E-state index in [0.717, 1.165) is 6.42 Å². The van der Waals surface area contributed by atoms with Crippen LogP contribution in [-0.2, 0) is 4.79 Å². The predicted octanol–water partition coefficient (Wildman–Crippen LogP) is 5.21. The van der Waals surface area contributed by atoms with E-state index >= 15 is 0 Å². The first-order valence-electron chi connectivity index (χ1n) is 8.76. The summed E-state index contributed by atoms with van der Waals surface area (Å²) in [5.41, 5.74) is 0.761. The van der Waals surface area contributed by atoms with E-state index in [4.69, 9.17) is 21.1 Å². The molecule has 7 heteroatoms. The lowest BCUT2D eigenvalue weighted by molar-refractivity contribution is -0.112. The standard InChI is InChI=1S/C21H20ClFN2O3/c1-3-9-28-20-18(22)11-14(12-19(20)27-4-2)10-15(13-24)21(26)25-17-7-5-16(23)6-8-17/h5-8,10-12H,3-4,9H2,1-2H3,(H,25,26)/b15-10+. The normalized spacial score (nSPS) is 10.9. The van der Waals surface area contributed by atoms with Crippen LogP contribution in [0.4, 0.5) is 10.1 Å². The summed E-state index contributed by atoms with van der Waals surface area (Å²) in [5.74, 6) is -0.172. The Morgan fingerprint density at radius 3 is 2.57 bits per heavy atom. The number of halogens is 2. The Morgan fingerprint density at radius 2 is 1.96 bits per heavy atom. The van der Waals surface area contributed by atoms with Crippen LogP contribution in [0.2, 0.25) is 5.02 Å². The lowest BCUT2D eigenvalue weighted by atomic mass is 10.1. The Labute approximate surface area is 168 Å². The molecular formula is C21H20ClFN2O3. The molecule has 5 nitrogen and oxygen atoms in total. The first-order valence-corrected chi connectivity index (χ1v) is 9.14. The lowest BCUT2D eigenvalue weighted by Gasteiger charge is -2.14. The van der Waals surface area contributed by atoms with Gasteiger partial charge in [-0.1, -0.05) is 18.5 Å². The third kappa shape index (κ3) is 5.73. The zero-order valence-electron chi connectivity index (χ0n) is 15.6. The molecule has 0 atom stereocenters. The average molecular weight is 403 g/mol. The molecular weight excluding hydrogens is 383 g/mol. The highest BCUT2D eigenvalue weighted by Crippen LogP contribution is 2.37. The highest BCUT2D eigenvalue weighted by Gasteiger charge is 2.14. The summed E-state index contributed by atoms with van der Waals surface area (Å²) < 4.78 is 24.2. The largest absolute Gasteiger partial charge is 0.490 e. The van der Waals surface area contributed by atoms with Crippen molar-refractivity contribution in [2.75, 3.05) is 18.5 Å². The number of carbonyl (C=O) groups is 1. The topological polar surface area (TPSA) is 71.3 Å². The molecule has 2 aromatic carbocycles. The fourth-order valence-corrected chi connectivity index (χ4v) is 2.60. The molecule has 0 unspecified atom stereocenters. The minimum Gasteiger partial charge on any atom is -0.490 e. The Morgan fingerprint density at radius 1 is 1.25 bits per heavy atom. The molecule has 0 spiro atoms. The summed E-state index contributed by atoms with van der Waals surface area (Å²) in [5, 5.41) is 12.2. The first kappa shape index (κ1) is 21.3. The van der Waals surface area contributed by atoms with Crippen molar-refractivity contribution in [2.24, 2.45) is 0 Å². The van der Waals surface area contributed by atoms with Crippen molar-refractivity contribution in [3.05, 3.63) is 58.4 Å². The zero-order valence-corrected chi connectivity index (χ0v) is 16.3. The van der Waals surface area contributed by atoms with Crippen LogP contribution >= 0.6 is 11.6 Å². The van der Waals surface area contributed by atoms with Crippen LogP contribution in [0.3, 0.4) is 0 Å². The summed E-state index contributed by atoms with van der Waals surface area (Å²) in [6.07, 6.45) is 2.21. The van der Waals surface area contributed by atoms with E-state index in [1.807, 2.05) is 19.9 Å². The van der Waals surface area contributed by atoms with E-state index in [9.17, 15) is 14.4 Å². The smallest absolute Gasteiger partial charge is 0.266 e. The van der Waals surface area contributed by atoms with Crippen molar-refractivity contribution >= 4 is 29.3 Å². The number of hydrogen-bond donors (Lipinski definition) is 1. The number of nitriles is 1. The minimum absolute atomic E-state index is 0.134. The van der Waals surface area contributed by atoms with Crippen LogP contribution in [0, 0.1) is 17.1 Å². The summed E-state index contributed by atoms with van der Waals surface area (Å²) >= 11 is 6.30. The molecule has 0 aromatic heterocycles. The number of amides is 1. The number of anilines is 1. The van der Waals surface area contributed by atoms with Gasteiger partial charge in [-0.3, -0.25) is 4.79 Å². The van der Waals surface area contributed by atoms with Gasteiger partial charge in [-0.15, -0.1) is 0 Å². The fourth-order valence-electron chi connectivity index (χ4n) is 2.33. The van der Waals surface area contributed by atoms with Crippen LogP contribution in [0.5, 0.6) is 11.5 Å². The SMILES string of the molecule is CCCOc1c(Cl)cc(/C=C(\C#N)C(=O)Nc2ccc(F)cc2)cc1OCC. The molecule has 1 N–H and O–H groups in total. The van der Waals surface area contributed by atoms with E-state index in [0.29, 0.717) is 41.0 Å². The van der Waals surface area contributed by atoms with Crippen molar-refractivity contribution < 1.29 is 18.7 Å². The quantitative estimate of drug-likeness (QED) is 0.486. The summed E-state index contributed by atoms with van der Waals surface area (Å²) in [6.45, 7) is 4.70. The van der Waals surface area contributed by atoms with Crippen molar-refractivity contribution in [3.63, 3.8) is 0 Å². The second-order valence-corrected chi connectivity index (χ2v) is 6.15. The van der Waals surface area contributed by atoms with Gasteiger partial charge < -0.3 is 14.8 Å². The maximum Gasteiger partial charge on any atom is 0.266 e. The monoisotopic (exact) mass is 402 g/mol. The van der Waals surface area contributed by atoms with E-state index in [1.54, 1.807) is 12.1 Å². The van der Waals surface area contributed by atoms with E-state index in [-0.39, 0.29) is 5.57 Å². The molecule has 0 saturated carbocycles. The van der Waals surface area contributed by atoms with Gasteiger partial charge in [0.2, 0.25) is 0 Å². The molecule has 0 heterocycles. The molecule has 0 aliphatic rings. The third-order valence-electron chi connectivity index (χ3n) is 3.56. The summed E-state index contributed by atoms with van der Waals surface area (Å²) in [6, 6.07) is 10.4. The van der Waals surface area contributed by atoms with Crippen molar-refractivity contribution in [2.45, 2.75) is 20.3 Å². The van der Waals surface area contributed by atoms with Crippen LogP contribution in [0.1, 0.15) is 25.8 Å². The van der Waals surface area contributed by atoms with Gasteiger partial charge in [0, 0.05) is 5.69 Å². The Balaban J connectivity index is 2.30. The van der Waals surface area contributed by atoms with E-state index in [2.05, 4.69) is 5.32 Å². The molecule has 2 rings (SSSR count). The van der Waals surface area contributed by atoms with Gasteiger partial charge >= 0.3 is 0 Å². The molecule has 28 heavy (non-hydrogen) atoms. The van der Waals surface area contributed by atoms with Crippen molar-refractivity contribution in [1.82, 2.24) is 0 Å². The predicted molar refractivity (Wildman–Crippen MR) is 107 cm³/mol. The number of nitrogens with zero attached hydrogens (tertiary/aromatic N) is 1. The van der Waals surface area contributed by atoms with Crippen molar-refractivity contribution in [1.29, 1.82) is 5.26 Å². The molecule has 1 amide bonds. The van der Waals surface area contributed by atoms with Gasteiger partial charge in [-0.25, -0.2) is 4.39 Å². The maximum atomic E-state index is 13.0. The number of hydrogen-bond acceptors (Lipinski definition) is 4. The molecule has 0 fully saturated rings. The van der Waals surface area contributed by atoms with Gasteiger partial charge in [0.1, 0.15) is 17.5 Å². The van der Waals surface area contributed by atoms with Crippen molar-refractivity contribution in [3.8, 4) is 17.6 Å². The van der Waals surface area contributed by atoms with Gasteiger partial charge in [0.05, 0.1) is 18.2 Å². The van der Waals surface area contributed by atoms with Gasteiger partial charge in [-0.2, -0.15) is 5.26 Å². The summed E-state index contributed by atoms with van der Waals surface area (Å²) in [7, 11) is 0. The zero-order chi connectivity index (χ0) is 20.5. The van der Waals surface area contributed by atoms with Crippen LogP contribution in [0.25, 0.3) is 6.08 Å². The second kappa shape index (κ2) is 10.3. The summed E-state index contributed by atoms with van der Waals surface area (Å²) in [4.78, 5) is 12.4. The van der Waals surface area contributed by atoms with Gasteiger partial charge in [0.15, 0.2) is 11.5 Å². The highest BCUT2D eigenvalue weighted by molar-refractivity contribution is 6.32. The fraction of sp³-hybridized carbons (Fsp3) is 0.238. The van der Waals surface area contributed by atoms with E-state index in [1.165, 1.54) is 30.3 Å². The molecule has 0 aliphatic carbocycles. The Kier molecular flexibility index (Phi) is 7.85. The number of ether oxygens (including phenoxy) is 2. The van der Waals surface area contributed by atoms with Crippen LogP contribution in [0.15, 0.2) is 42.0 Å². The van der Waals surface area contributed by atoms with Crippen LogP contribution < -0.4 is 14.8 Å². The minimum atomic E-state index is -0.616. The second-order valence-electron chi connectivity index (χ2n) is 5.74. The molecule has 0 radical (unpaired) electrons. The average Bonchev–Trinajstić information content (AvgIpc) is 2.67. The van der Waals surface area contributed by atoms with E-state index < -0.39 is 11.7 Å². The molecule has 0 bridgehead atoms. The van der Waals surface area contributed by atoms with Gasteiger partial charge in [0.25, 0.3) is 5.91 Å². The first-order chi connectivity index (χ1) is 13.5. The Hall–Kier alpha value is -3.04. The van der Waals surface area contributed by atoms with Gasteiger partial charge in [-0.05, 0) is 61.4 Å². The number of benzene rings is 2. The number of rotatable bonds is 8. The lowest BCUT2D eigenvalue weighted by Crippen LogP contribution is -2.13. The maximum absolute atomic E-state index is 13.0. The number of carbonyl (C=O) groups excluding carboxylic acids is 1. The molecule has 146 valence electrons. The third-order valence-corrected chi connectivity index (χ3v) is 3.84. The Bertz CT molecular complexity index is 905. The molecule has 0 aliphatic heterocycles. The molecule has 2 aromatic rings. The van der Waals surface area contributed by atoms with Crippen LogP contribution in [-0.4, -0.2) is 19.1 Å². The number of nitrogens with one attached hydrogen (secondary N) is 1. The molecule has 0 saturated heterocycles. The highest BCUT2D eigenvalue weighted by atomic mass is 35.5.